The number of methoxy groups -OCH3 is 2. The van der Waals surface area contributed by atoms with Crippen LogP contribution in [-0.4, -0.2) is 97.1 Å². The second-order valence-electron chi connectivity index (χ2n) is 12.6. The molecule has 14 nitrogen and oxygen atoms in total. The molecule has 0 radical (unpaired) electrons. The number of phenolic OH excluding ortho intramolecular Hbond substituents is 1. The Hall–Kier alpha value is -3.98. The first-order chi connectivity index (χ1) is 24.0. The number of esters is 1. The van der Waals surface area contributed by atoms with Gasteiger partial charge in [-0.1, -0.05) is 0 Å². The van der Waals surface area contributed by atoms with Gasteiger partial charge in [0.15, 0.2) is 23.0 Å². The molecule has 2 amide bonds. The molecule has 2 aromatic rings. The van der Waals surface area contributed by atoms with E-state index in [1.54, 1.807) is 12.1 Å². The summed E-state index contributed by atoms with van der Waals surface area (Å²) in [4.78, 5) is 26.6. The summed E-state index contributed by atoms with van der Waals surface area (Å²) in [6.07, 6.45) is 5.15. The molecule has 2 aromatic carbocycles. The monoisotopic (exact) mass is 684 g/mol. The third-order valence-corrected chi connectivity index (χ3v) is 9.37. The molecule has 3 aliphatic rings. The van der Waals surface area contributed by atoms with E-state index in [0.717, 1.165) is 89.0 Å². The number of unbranched alkanes of at least 4 members (excludes halogenated alkanes) is 1. The van der Waals surface area contributed by atoms with Gasteiger partial charge >= 0.3 is 12.0 Å². The maximum Gasteiger partial charge on any atom is 0.315 e. The molecule has 2 heterocycles. The molecule has 270 valence electrons. The highest BCUT2D eigenvalue weighted by Gasteiger charge is 2.53. The Balaban J connectivity index is 1.14. The molecular formula is C35H52N6O8. The Kier molecular flexibility index (Phi) is 13.4. The van der Waals surface area contributed by atoms with Crippen LogP contribution in [0.4, 0.5) is 4.79 Å². The number of carbonyl (C=O) groups excluding carboxylic acids is 2. The number of nitrogens with two attached hydrogens (primary N) is 1. The lowest BCUT2D eigenvalue weighted by Gasteiger charge is -2.39. The number of rotatable bonds is 20. The zero-order valence-corrected chi connectivity index (χ0v) is 28.6. The molecule has 0 bridgehead atoms. The zero-order chi connectivity index (χ0) is 34.6. The van der Waals surface area contributed by atoms with Crippen molar-refractivity contribution in [1.29, 1.82) is 0 Å². The van der Waals surface area contributed by atoms with Crippen LogP contribution in [0.25, 0.3) is 0 Å². The van der Waals surface area contributed by atoms with E-state index in [0.29, 0.717) is 23.6 Å². The molecule has 0 aromatic heterocycles. The lowest BCUT2D eigenvalue weighted by Crippen LogP contribution is -2.46. The van der Waals surface area contributed by atoms with Gasteiger partial charge in [0, 0.05) is 18.4 Å². The number of hydrogen-bond acceptors (Lipinski definition) is 12. The maximum atomic E-state index is 13.3. The number of phenols is 1. The quantitative estimate of drug-likeness (QED) is 0.0797. The van der Waals surface area contributed by atoms with Crippen LogP contribution < -0.4 is 51.3 Å². The van der Waals surface area contributed by atoms with Crippen molar-refractivity contribution in [2.45, 2.75) is 44.1 Å². The average molecular weight is 685 g/mol. The minimum atomic E-state index is -0.612. The fourth-order valence-electron chi connectivity index (χ4n) is 6.89. The number of fused-ring (bicyclic) bond motifs is 3. The van der Waals surface area contributed by atoms with Crippen molar-refractivity contribution in [1.82, 2.24) is 26.6 Å². The van der Waals surface area contributed by atoms with Crippen molar-refractivity contribution in [3.05, 3.63) is 41.0 Å². The molecule has 1 saturated heterocycles. The van der Waals surface area contributed by atoms with Crippen LogP contribution in [0, 0.1) is 11.8 Å². The third kappa shape index (κ3) is 8.98. The van der Waals surface area contributed by atoms with Gasteiger partial charge in [0.1, 0.15) is 0 Å². The van der Waals surface area contributed by atoms with E-state index in [-0.39, 0.29) is 48.6 Å². The summed E-state index contributed by atoms with van der Waals surface area (Å²) in [5, 5.41) is 27.0. The number of cyclic esters (lactones) is 1. The first-order valence-electron chi connectivity index (χ1n) is 17.4. The first kappa shape index (κ1) is 36.3. The Bertz CT molecular complexity index is 1390. The van der Waals surface area contributed by atoms with Crippen molar-refractivity contribution in [2.24, 2.45) is 17.6 Å². The summed E-state index contributed by atoms with van der Waals surface area (Å²) in [6.45, 7) is 7.19. The highest BCUT2D eigenvalue weighted by molar-refractivity contribution is 5.80. The molecule has 4 atom stereocenters. The summed E-state index contributed by atoms with van der Waals surface area (Å²) >= 11 is 0. The van der Waals surface area contributed by atoms with Crippen molar-refractivity contribution >= 4 is 12.0 Å². The van der Waals surface area contributed by atoms with E-state index in [4.69, 9.17) is 29.4 Å². The minimum Gasteiger partial charge on any atom is -0.502 e. The van der Waals surface area contributed by atoms with Crippen LogP contribution in [0.3, 0.4) is 0 Å². The highest BCUT2D eigenvalue weighted by Crippen LogP contribution is 2.55. The summed E-state index contributed by atoms with van der Waals surface area (Å²) in [5.74, 6) is -0.364. The molecule has 5 rings (SSSR count). The van der Waals surface area contributed by atoms with Gasteiger partial charge < -0.3 is 61.1 Å². The van der Waals surface area contributed by atoms with Gasteiger partial charge in [0.25, 0.3) is 0 Å². The van der Waals surface area contributed by atoms with Crippen LogP contribution in [0.2, 0.25) is 0 Å². The summed E-state index contributed by atoms with van der Waals surface area (Å²) in [5.41, 5.74) is 7.80. The SMILES string of the molecule is COc1cc(C2c3cc4c(cc3C(NC(=O)NCCCNCCCNCCCCNCCCN)C3COC(=O)C23)OCO4)cc(OC)c1O. The van der Waals surface area contributed by atoms with Crippen molar-refractivity contribution in [3.8, 4) is 28.7 Å². The van der Waals surface area contributed by atoms with Crippen LogP contribution >= 0.6 is 0 Å². The van der Waals surface area contributed by atoms with Gasteiger partial charge in [-0.3, -0.25) is 4.79 Å². The lowest BCUT2D eigenvalue weighted by molar-refractivity contribution is -0.141. The second-order valence-corrected chi connectivity index (χ2v) is 12.6. The van der Waals surface area contributed by atoms with Crippen LogP contribution in [0.15, 0.2) is 24.3 Å². The van der Waals surface area contributed by atoms with E-state index in [2.05, 4.69) is 26.6 Å². The Morgan fingerprint density at radius 3 is 2.00 bits per heavy atom. The number of nitrogens with one attached hydrogen (secondary N) is 5. The average Bonchev–Trinajstić information content (AvgIpc) is 3.73. The number of benzene rings is 2. The first-order valence-corrected chi connectivity index (χ1v) is 17.4. The fraction of sp³-hybridized carbons (Fsp3) is 0.600. The lowest BCUT2D eigenvalue weighted by atomic mass is 9.65. The van der Waals surface area contributed by atoms with Crippen LogP contribution in [0.1, 0.15) is 60.8 Å². The van der Waals surface area contributed by atoms with E-state index in [1.165, 1.54) is 14.2 Å². The number of ether oxygens (including phenoxy) is 5. The smallest absolute Gasteiger partial charge is 0.315 e. The Morgan fingerprint density at radius 1 is 0.816 bits per heavy atom. The van der Waals surface area contributed by atoms with E-state index >= 15 is 0 Å². The molecule has 49 heavy (non-hydrogen) atoms. The molecule has 0 spiro atoms. The van der Waals surface area contributed by atoms with Crippen molar-refractivity contribution < 1.29 is 38.4 Å². The molecule has 14 heteroatoms. The van der Waals surface area contributed by atoms with Gasteiger partial charge in [-0.2, -0.15) is 0 Å². The van der Waals surface area contributed by atoms with Crippen molar-refractivity contribution in [3.63, 3.8) is 0 Å². The molecule has 1 fully saturated rings. The largest absolute Gasteiger partial charge is 0.502 e. The minimum absolute atomic E-state index is 0.0793. The standard InChI is InChI=1S/C35H52N6O8/c1-45-28-16-22(17-29(46-2)33(28)42)30-23-18-26-27(49-21-48-26)19-24(23)32(25-20-47-34(43)31(25)30)41-35(44)40-15-7-14-39-13-6-12-38-10-4-3-9-37-11-5-8-36/h16-19,25,30-32,37-39,42H,3-15,20-21,36H2,1-2H3,(H2,40,41,44). The number of amides is 2. The summed E-state index contributed by atoms with van der Waals surface area (Å²) in [7, 11) is 2.92. The van der Waals surface area contributed by atoms with Gasteiger partial charge in [0.2, 0.25) is 12.5 Å². The summed E-state index contributed by atoms with van der Waals surface area (Å²) in [6, 6.07) is 6.32. The number of urea groups is 1. The van der Waals surface area contributed by atoms with Gasteiger partial charge in [0.05, 0.1) is 32.8 Å². The van der Waals surface area contributed by atoms with Gasteiger partial charge in [-0.05, 0) is 119 Å². The van der Waals surface area contributed by atoms with Crippen molar-refractivity contribution in [2.75, 3.05) is 80.0 Å². The molecule has 2 aliphatic heterocycles. The zero-order valence-electron chi connectivity index (χ0n) is 28.6. The third-order valence-electron chi connectivity index (χ3n) is 9.37. The topological polar surface area (TPSA) is 187 Å². The molecule has 8 N–H and O–H groups in total. The van der Waals surface area contributed by atoms with Gasteiger partial charge in [-0.25, -0.2) is 4.79 Å². The Labute approximate surface area is 288 Å². The highest BCUT2D eigenvalue weighted by atomic mass is 16.7. The predicted octanol–water partition coefficient (Wildman–Crippen LogP) is 2.09. The number of hydrogen-bond donors (Lipinski definition) is 7. The van der Waals surface area contributed by atoms with Crippen LogP contribution in [0.5, 0.6) is 28.7 Å². The Morgan fingerprint density at radius 2 is 1.39 bits per heavy atom. The summed E-state index contributed by atoms with van der Waals surface area (Å²) < 4.78 is 27.9. The van der Waals surface area contributed by atoms with E-state index in [9.17, 15) is 14.7 Å². The molecule has 1 aliphatic carbocycles. The predicted molar refractivity (Wildman–Crippen MR) is 184 cm³/mol. The van der Waals surface area contributed by atoms with Gasteiger partial charge in [-0.15, -0.1) is 0 Å². The maximum absolute atomic E-state index is 13.3. The molecule has 4 unspecified atom stereocenters. The molecular weight excluding hydrogens is 632 g/mol. The molecule has 0 saturated carbocycles. The fourth-order valence-corrected chi connectivity index (χ4v) is 6.89. The number of carbonyl (C=O) groups is 2. The van der Waals surface area contributed by atoms with Crippen LogP contribution in [-0.2, 0) is 9.53 Å². The van der Waals surface area contributed by atoms with E-state index < -0.39 is 17.9 Å². The number of aromatic hydroxyl groups is 1. The second kappa shape index (κ2) is 18.1. The normalized spacial score (nSPS) is 20.3. The van der Waals surface area contributed by atoms with E-state index in [1.807, 2.05) is 12.1 Å².